The van der Waals surface area contributed by atoms with Gasteiger partial charge in [-0.15, -0.1) is 0 Å². The minimum absolute atomic E-state index is 0.182. The number of benzene rings is 1. The average Bonchev–Trinajstić information content (AvgIpc) is 2.95. The predicted molar refractivity (Wildman–Crippen MR) is 91.4 cm³/mol. The molecule has 7 heteroatoms. The molecule has 4 nitrogen and oxygen atoms in total. The topological polar surface area (TPSA) is 54.6 Å². The number of nitrogens with zero attached hydrogens (tertiary/aromatic N) is 1. The number of carbonyl (C=O) groups excluding carboxylic acids is 1. The number of carbonyl (C=O) groups is 1. The summed E-state index contributed by atoms with van der Waals surface area (Å²) in [5.41, 5.74) is 0.796. The molecule has 0 bridgehead atoms. The van der Waals surface area contributed by atoms with E-state index in [1.165, 1.54) is 11.8 Å². The standard InChI is InChI=1S/C14H8Br2N2O2S/c15-10-6-9(20-12(10)16)7-11-13(19)18-14(21-11)17-8-4-2-1-3-5-8/h1-7H,(H,17,18,19)/b11-7-. The van der Waals surface area contributed by atoms with Crippen molar-refractivity contribution in [2.24, 2.45) is 4.99 Å². The summed E-state index contributed by atoms with van der Waals surface area (Å²) in [5, 5.41) is 3.29. The molecule has 1 aliphatic rings. The Kier molecular flexibility index (Phi) is 4.32. The highest BCUT2D eigenvalue weighted by molar-refractivity contribution is 9.13. The molecule has 1 N–H and O–H groups in total. The summed E-state index contributed by atoms with van der Waals surface area (Å²) in [5.74, 6) is 0.408. The zero-order chi connectivity index (χ0) is 14.8. The molecule has 2 aromatic rings. The van der Waals surface area contributed by atoms with Gasteiger partial charge in [-0.25, -0.2) is 4.99 Å². The third kappa shape index (κ3) is 3.48. The van der Waals surface area contributed by atoms with Crippen molar-refractivity contribution in [2.75, 3.05) is 0 Å². The molecule has 0 spiro atoms. The lowest BCUT2D eigenvalue weighted by Gasteiger charge is -1.94. The highest BCUT2D eigenvalue weighted by Crippen LogP contribution is 2.32. The monoisotopic (exact) mass is 426 g/mol. The summed E-state index contributed by atoms with van der Waals surface area (Å²) in [4.78, 5) is 16.8. The molecule has 106 valence electrons. The van der Waals surface area contributed by atoms with Crippen molar-refractivity contribution < 1.29 is 9.21 Å². The number of halogens is 2. The van der Waals surface area contributed by atoms with E-state index in [4.69, 9.17) is 4.42 Å². The Morgan fingerprint density at radius 3 is 2.67 bits per heavy atom. The zero-order valence-electron chi connectivity index (χ0n) is 10.5. The molecule has 0 atom stereocenters. The number of thioether (sulfide) groups is 1. The number of hydrogen-bond donors (Lipinski definition) is 1. The van der Waals surface area contributed by atoms with E-state index in [1.54, 1.807) is 12.1 Å². The van der Waals surface area contributed by atoms with Crippen LogP contribution in [0.4, 0.5) is 5.69 Å². The second kappa shape index (κ2) is 6.21. The number of para-hydroxylation sites is 1. The van der Waals surface area contributed by atoms with Crippen LogP contribution in [-0.4, -0.2) is 11.1 Å². The fourth-order valence-electron chi connectivity index (χ4n) is 1.66. The van der Waals surface area contributed by atoms with Crippen LogP contribution in [0.2, 0.25) is 0 Å². The van der Waals surface area contributed by atoms with Crippen LogP contribution in [-0.2, 0) is 4.79 Å². The lowest BCUT2D eigenvalue weighted by Crippen LogP contribution is -2.19. The smallest absolute Gasteiger partial charge is 0.264 e. The van der Waals surface area contributed by atoms with Crippen molar-refractivity contribution in [3.63, 3.8) is 0 Å². The number of nitrogens with one attached hydrogen (secondary N) is 1. The second-order valence-corrected chi connectivity index (χ2v) is 6.69. The molecule has 1 aliphatic heterocycles. The summed E-state index contributed by atoms with van der Waals surface area (Å²) >= 11 is 7.88. The first kappa shape index (κ1) is 14.6. The molecular formula is C14H8Br2N2O2S. The van der Waals surface area contributed by atoms with E-state index in [-0.39, 0.29) is 5.91 Å². The maximum Gasteiger partial charge on any atom is 0.264 e. The summed E-state index contributed by atoms with van der Waals surface area (Å²) in [7, 11) is 0. The molecule has 0 saturated carbocycles. The van der Waals surface area contributed by atoms with E-state index >= 15 is 0 Å². The molecule has 1 aromatic carbocycles. The lowest BCUT2D eigenvalue weighted by molar-refractivity contribution is -0.115. The van der Waals surface area contributed by atoms with Crippen molar-refractivity contribution in [1.29, 1.82) is 0 Å². The molecule has 1 amide bonds. The van der Waals surface area contributed by atoms with E-state index in [9.17, 15) is 4.79 Å². The molecule has 21 heavy (non-hydrogen) atoms. The van der Waals surface area contributed by atoms with Crippen LogP contribution in [0.15, 0.2) is 59.9 Å². The van der Waals surface area contributed by atoms with Crippen molar-refractivity contribution in [3.05, 3.63) is 56.2 Å². The number of furan rings is 1. The average molecular weight is 428 g/mol. The minimum Gasteiger partial charge on any atom is -0.449 e. The fraction of sp³-hybridized carbons (Fsp3) is 0. The van der Waals surface area contributed by atoms with Crippen molar-refractivity contribution in [3.8, 4) is 0 Å². The van der Waals surface area contributed by atoms with Crippen molar-refractivity contribution in [1.82, 2.24) is 5.32 Å². The van der Waals surface area contributed by atoms with Gasteiger partial charge in [-0.3, -0.25) is 4.79 Å². The number of amidine groups is 1. The van der Waals surface area contributed by atoms with Crippen LogP contribution in [0.3, 0.4) is 0 Å². The summed E-state index contributed by atoms with van der Waals surface area (Å²) in [6.07, 6.45) is 1.68. The Labute approximate surface area is 142 Å². The maximum absolute atomic E-state index is 11.9. The van der Waals surface area contributed by atoms with Crippen LogP contribution in [0.25, 0.3) is 6.08 Å². The first-order valence-electron chi connectivity index (χ1n) is 5.91. The van der Waals surface area contributed by atoms with Gasteiger partial charge in [0.2, 0.25) is 0 Å². The van der Waals surface area contributed by atoms with Gasteiger partial charge < -0.3 is 9.73 Å². The van der Waals surface area contributed by atoms with E-state index in [1.807, 2.05) is 30.3 Å². The van der Waals surface area contributed by atoms with Crippen LogP contribution >= 0.6 is 43.6 Å². The zero-order valence-corrected chi connectivity index (χ0v) is 14.5. The number of aliphatic imine (C=N–C) groups is 1. The quantitative estimate of drug-likeness (QED) is 0.707. The number of amides is 1. The van der Waals surface area contributed by atoms with Gasteiger partial charge in [0.05, 0.1) is 15.1 Å². The Bertz CT molecular complexity index is 734. The van der Waals surface area contributed by atoms with Crippen LogP contribution in [0, 0.1) is 0 Å². The summed E-state index contributed by atoms with van der Waals surface area (Å²) < 4.78 is 6.83. The van der Waals surface area contributed by atoms with E-state index in [2.05, 4.69) is 42.2 Å². The highest BCUT2D eigenvalue weighted by atomic mass is 79.9. The first-order chi connectivity index (χ1) is 10.1. The SMILES string of the molecule is O=C1NC(=Nc2ccccc2)S/C1=C\c1cc(Br)c(Br)o1. The normalized spacial score (nSPS) is 18.5. The summed E-state index contributed by atoms with van der Waals surface area (Å²) in [6, 6.07) is 11.3. The second-order valence-electron chi connectivity index (χ2n) is 4.09. The van der Waals surface area contributed by atoms with Crippen molar-refractivity contribution in [2.45, 2.75) is 0 Å². The summed E-state index contributed by atoms with van der Waals surface area (Å²) in [6.45, 7) is 0. The Hall–Kier alpha value is -1.31. The number of hydrogen-bond acceptors (Lipinski definition) is 4. The van der Waals surface area contributed by atoms with Crippen LogP contribution < -0.4 is 5.32 Å². The largest absolute Gasteiger partial charge is 0.449 e. The van der Waals surface area contributed by atoms with Gasteiger partial charge in [0.15, 0.2) is 9.84 Å². The van der Waals surface area contributed by atoms with Gasteiger partial charge in [0, 0.05) is 6.08 Å². The van der Waals surface area contributed by atoms with E-state index in [0.29, 0.717) is 20.5 Å². The Morgan fingerprint density at radius 2 is 2.00 bits per heavy atom. The third-order valence-electron chi connectivity index (χ3n) is 2.58. The van der Waals surface area contributed by atoms with Gasteiger partial charge in [-0.05, 0) is 61.8 Å². The fourth-order valence-corrected chi connectivity index (χ4v) is 3.09. The van der Waals surface area contributed by atoms with Gasteiger partial charge >= 0.3 is 0 Å². The maximum atomic E-state index is 11.9. The van der Waals surface area contributed by atoms with Crippen LogP contribution in [0.5, 0.6) is 0 Å². The molecule has 0 unspecified atom stereocenters. The number of rotatable bonds is 2. The molecule has 1 fully saturated rings. The molecule has 1 aromatic heterocycles. The molecular weight excluding hydrogens is 420 g/mol. The Morgan fingerprint density at radius 1 is 1.24 bits per heavy atom. The van der Waals surface area contributed by atoms with Gasteiger partial charge in [-0.2, -0.15) is 0 Å². The van der Waals surface area contributed by atoms with Gasteiger partial charge in [0.1, 0.15) is 5.76 Å². The first-order valence-corrected chi connectivity index (χ1v) is 8.31. The van der Waals surface area contributed by atoms with E-state index in [0.717, 1.165) is 10.2 Å². The van der Waals surface area contributed by atoms with Gasteiger partial charge in [-0.1, -0.05) is 18.2 Å². The molecule has 2 heterocycles. The molecule has 3 rings (SSSR count). The van der Waals surface area contributed by atoms with Crippen molar-refractivity contribution >= 4 is 66.5 Å². The highest BCUT2D eigenvalue weighted by Gasteiger charge is 2.24. The van der Waals surface area contributed by atoms with Crippen LogP contribution in [0.1, 0.15) is 5.76 Å². The van der Waals surface area contributed by atoms with Gasteiger partial charge in [0.25, 0.3) is 5.91 Å². The van der Waals surface area contributed by atoms with E-state index < -0.39 is 0 Å². The molecule has 0 radical (unpaired) electrons. The molecule has 1 saturated heterocycles. The third-order valence-corrected chi connectivity index (χ3v) is 5.20. The minimum atomic E-state index is -0.182. The predicted octanol–water partition coefficient (Wildman–Crippen LogP) is 4.70. The lowest BCUT2D eigenvalue weighted by atomic mass is 10.3. The Balaban J connectivity index is 1.83. The molecule has 0 aliphatic carbocycles.